The summed E-state index contributed by atoms with van der Waals surface area (Å²) in [4.78, 5) is 0. The van der Waals surface area contributed by atoms with Crippen LogP contribution in [0.4, 0.5) is 8.78 Å². The fraction of sp³-hybridized carbons (Fsp3) is 0.500. The van der Waals surface area contributed by atoms with E-state index in [9.17, 15) is 17.2 Å². The van der Waals surface area contributed by atoms with Crippen molar-refractivity contribution in [3.05, 3.63) is 29.3 Å². The highest BCUT2D eigenvalue weighted by Gasteiger charge is 2.14. The minimum Gasteiger partial charge on any atom is -0.487 e. The van der Waals surface area contributed by atoms with Crippen LogP contribution < -0.4 is 10.5 Å². The maximum absolute atomic E-state index is 13.5. The summed E-state index contributed by atoms with van der Waals surface area (Å²) in [5.41, 5.74) is 5.58. The summed E-state index contributed by atoms with van der Waals surface area (Å²) in [5.74, 6) is -2.56. The Labute approximate surface area is 111 Å². The first-order valence-corrected chi connectivity index (χ1v) is 7.73. The molecule has 0 bridgehead atoms. The number of hydrogen-bond donors (Lipinski definition) is 1. The van der Waals surface area contributed by atoms with Crippen LogP contribution >= 0.6 is 0 Å². The number of hydrogen-bond acceptors (Lipinski definition) is 4. The lowest BCUT2D eigenvalue weighted by Crippen LogP contribution is -2.17. The Hall–Kier alpha value is -1.21. The molecule has 0 aromatic heterocycles. The largest absolute Gasteiger partial charge is 0.487 e. The summed E-state index contributed by atoms with van der Waals surface area (Å²) in [5, 5.41) is 0. The van der Waals surface area contributed by atoms with Gasteiger partial charge in [0.05, 0.1) is 11.5 Å². The van der Waals surface area contributed by atoms with Gasteiger partial charge >= 0.3 is 0 Å². The fourth-order valence-corrected chi connectivity index (χ4v) is 2.72. The van der Waals surface area contributed by atoms with Gasteiger partial charge in [0.15, 0.2) is 27.2 Å². The third-order valence-electron chi connectivity index (χ3n) is 2.45. The molecular formula is C12H17F2NO3S. The predicted molar refractivity (Wildman–Crippen MR) is 68.7 cm³/mol. The minimum absolute atomic E-state index is 0.0129. The van der Waals surface area contributed by atoms with Gasteiger partial charge in [-0.3, -0.25) is 0 Å². The molecule has 0 aliphatic heterocycles. The molecule has 0 amide bonds. The molecule has 0 radical (unpaired) electrons. The standard InChI is InChI=1S/C12H17F2NO3S/c1-2-4-19(16,17)5-3-18-12-10(13)6-9(8-15)7-11(12)14/h6-7H,2-5,8,15H2,1H3. The monoisotopic (exact) mass is 293 g/mol. The fourth-order valence-electron chi connectivity index (χ4n) is 1.55. The van der Waals surface area contributed by atoms with E-state index in [4.69, 9.17) is 10.5 Å². The van der Waals surface area contributed by atoms with E-state index in [1.54, 1.807) is 6.92 Å². The van der Waals surface area contributed by atoms with Crippen LogP contribution in [0, 0.1) is 11.6 Å². The average Bonchev–Trinajstić information content (AvgIpc) is 2.32. The van der Waals surface area contributed by atoms with E-state index in [2.05, 4.69) is 0 Å². The number of benzene rings is 1. The molecule has 1 aromatic rings. The molecule has 2 N–H and O–H groups in total. The number of rotatable bonds is 7. The molecule has 108 valence electrons. The van der Waals surface area contributed by atoms with Gasteiger partial charge in [0.1, 0.15) is 6.61 Å². The lowest BCUT2D eigenvalue weighted by Gasteiger charge is -2.09. The highest BCUT2D eigenvalue weighted by atomic mass is 32.2. The Kier molecular flexibility index (Phi) is 5.68. The van der Waals surface area contributed by atoms with Gasteiger partial charge in [-0.1, -0.05) is 6.92 Å². The molecule has 4 nitrogen and oxygen atoms in total. The van der Waals surface area contributed by atoms with Gasteiger partial charge in [-0.05, 0) is 24.1 Å². The van der Waals surface area contributed by atoms with Crippen LogP contribution in [0.1, 0.15) is 18.9 Å². The van der Waals surface area contributed by atoms with E-state index >= 15 is 0 Å². The van der Waals surface area contributed by atoms with E-state index in [1.165, 1.54) is 0 Å². The Morgan fingerprint density at radius 2 is 1.79 bits per heavy atom. The summed E-state index contributed by atoms with van der Waals surface area (Å²) in [6, 6.07) is 2.14. The summed E-state index contributed by atoms with van der Waals surface area (Å²) in [6.45, 7) is 1.47. The van der Waals surface area contributed by atoms with Gasteiger partial charge in [-0.2, -0.15) is 0 Å². The summed E-state index contributed by atoms with van der Waals surface area (Å²) < 4.78 is 54.7. The highest BCUT2D eigenvalue weighted by Crippen LogP contribution is 2.23. The van der Waals surface area contributed by atoms with Crippen molar-refractivity contribution in [2.45, 2.75) is 19.9 Å². The van der Waals surface area contributed by atoms with Crippen molar-refractivity contribution in [3.63, 3.8) is 0 Å². The molecule has 19 heavy (non-hydrogen) atoms. The van der Waals surface area contributed by atoms with Crippen molar-refractivity contribution in [3.8, 4) is 5.75 Å². The van der Waals surface area contributed by atoms with Gasteiger partial charge in [-0.25, -0.2) is 17.2 Å². The summed E-state index contributed by atoms with van der Waals surface area (Å²) in [6.07, 6.45) is 0.496. The van der Waals surface area contributed by atoms with Crippen LogP contribution in [-0.2, 0) is 16.4 Å². The van der Waals surface area contributed by atoms with Crippen LogP contribution in [0.2, 0.25) is 0 Å². The van der Waals surface area contributed by atoms with Gasteiger partial charge in [0.25, 0.3) is 0 Å². The zero-order valence-corrected chi connectivity index (χ0v) is 11.5. The molecule has 0 spiro atoms. The second-order valence-corrected chi connectivity index (χ2v) is 6.40. The van der Waals surface area contributed by atoms with Crippen LogP contribution in [0.3, 0.4) is 0 Å². The lowest BCUT2D eigenvalue weighted by molar-refractivity contribution is 0.303. The first-order chi connectivity index (χ1) is 8.89. The molecule has 0 aliphatic carbocycles. The van der Waals surface area contributed by atoms with Gasteiger partial charge < -0.3 is 10.5 Å². The smallest absolute Gasteiger partial charge is 0.190 e. The zero-order valence-electron chi connectivity index (χ0n) is 10.7. The van der Waals surface area contributed by atoms with Crippen molar-refractivity contribution >= 4 is 9.84 Å². The highest BCUT2D eigenvalue weighted by molar-refractivity contribution is 7.91. The molecule has 0 aliphatic rings. The lowest BCUT2D eigenvalue weighted by atomic mass is 10.2. The quantitative estimate of drug-likeness (QED) is 0.829. The second kappa shape index (κ2) is 6.81. The molecule has 0 saturated carbocycles. The molecule has 0 fully saturated rings. The Bertz CT molecular complexity index is 509. The van der Waals surface area contributed by atoms with Gasteiger partial charge in [0.2, 0.25) is 0 Å². The molecule has 0 heterocycles. The zero-order chi connectivity index (χ0) is 14.5. The number of nitrogens with two attached hydrogens (primary N) is 1. The van der Waals surface area contributed by atoms with Crippen LogP contribution in [0.15, 0.2) is 12.1 Å². The first-order valence-electron chi connectivity index (χ1n) is 5.91. The first kappa shape index (κ1) is 15.8. The molecule has 0 unspecified atom stereocenters. The second-order valence-electron chi connectivity index (χ2n) is 4.09. The maximum atomic E-state index is 13.5. The third kappa shape index (κ3) is 4.76. The normalized spacial score (nSPS) is 11.6. The van der Waals surface area contributed by atoms with Gasteiger partial charge in [-0.15, -0.1) is 0 Å². The number of halogens is 2. The predicted octanol–water partition coefficient (Wildman–Crippen LogP) is 1.63. The van der Waals surface area contributed by atoms with E-state index in [0.29, 0.717) is 12.0 Å². The van der Waals surface area contributed by atoms with Gasteiger partial charge in [0, 0.05) is 6.54 Å². The summed E-state index contributed by atoms with van der Waals surface area (Å²) >= 11 is 0. The maximum Gasteiger partial charge on any atom is 0.190 e. The molecule has 1 aromatic carbocycles. The van der Waals surface area contributed by atoms with Crippen LogP contribution in [-0.4, -0.2) is 26.5 Å². The van der Waals surface area contributed by atoms with Crippen molar-refractivity contribution in [2.75, 3.05) is 18.1 Å². The van der Waals surface area contributed by atoms with Crippen molar-refractivity contribution in [1.82, 2.24) is 0 Å². The van der Waals surface area contributed by atoms with Crippen LogP contribution in [0.25, 0.3) is 0 Å². The summed E-state index contributed by atoms with van der Waals surface area (Å²) in [7, 11) is -3.23. The SMILES string of the molecule is CCCS(=O)(=O)CCOc1c(F)cc(CN)cc1F. The Balaban J connectivity index is 2.69. The number of sulfone groups is 1. The average molecular weight is 293 g/mol. The van der Waals surface area contributed by atoms with Crippen molar-refractivity contribution < 1.29 is 21.9 Å². The number of ether oxygens (including phenoxy) is 1. The molecular weight excluding hydrogens is 276 g/mol. The Morgan fingerprint density at radius 1 is 1.21 bits per heavy atom. The minimum atomic E-state index is -3.23. The van der Waals surface area contributed by atoms with Crippen molar-refractivity contribution in [2.24, 2.45) is 5.73 Å². The van der Waals surface area contributed by atoms with Crippen LogP contribution in [0.5, 0.6) is 5.75 Å². The Morgan fingerprint density at radius 3 is 2.26 bits per heavy atom. The van der Waals surface area contributed by atoms with E-state index < -0.39 is 27.2 Å². The van der Waals surface area contributed by atoms with Crippen molar-refractivity contribution in [1.29, 1.82) is 0 Å². The van der Waals surface area contributed by atoms with E-state index in [1.807, 2.05) is 0 Å². The molecule has 1 rings (SSSR count). The third-order valence-corrected chi connectivity index (χ3v) is 4.27. The molecule has 0 saturated heterocycles. The topological polar surface area (TPSA) is 69.4 Å². The molecule has 7 heteroatoms. The molecule has 0 atom stereocenters. The van der Waals surface area contributed by atoms with E-state index in [0.717, 1.165) is 12.1 Å². The van der Waals surface area contributed by atoms with E-state index in [-0.39, 0.29) is 24.7 Å².